The van der Waals surface area contributed by atoms with Crippen molar-refractivity contribution in [2.75, 3.05) is 13.7 Å². The molecule has 1 aromatic carbocycles. The summed E-state index contributed by atoms with van der Waals surface area (Å²) in [6, 6.07) is 16.4. The lowest BCUT2D eigenvalue weighted by molar-refractivity contribution is -0.134. The van der Waals surface area contributed by atoms with Gasteiger partial charge in [-0.25, -0.2) is 9.78 Å². The number of aromatic nitrogens is 1. The molecule has 0 saturated carbocycles. The first-order valence-electron chi connectivity index (χ1n) is 8.25. The molecule has 138 valence electrons. The summed E-state index contributed by atoms with van der Waals surface area (Å²) in [6.45, 7) is -0.0359. The topological polar surface area (TPSA) is 72.6 Å². The van der Waals surface area contributed by atoms with Crippen LogP contribution < -0.4 is 0 Å². The molecule has 27 heavy (non-hydrogen) atoms. The summed E-state index contributed by atoms with van der Waals surface area (Å²) in [6.07, 6.45) is 3.16. The largest absolute Gasteiger partial charge is 0.467 e. The van der Waals surface area contributed by atoms with E-state index < -0.39 is 5.97 Å². The Bertz CT molecular complexity index is 897. The third-order valence-corrected chi connectivity index (χ3v) is 4.70. The van der Waals surface area contributed by atoms with Crippen molar-refractivity contribution in [1.29, 1.82) is 0 Å². The summed E-state index contributed by atoms with van der Waals surface area (Å²) >= 11 is 1.37. The van der Waals surface area contributed by atoms with Crippen LogP contribution in [-0.2, 0) is 16.1 Å². The van der Waals surface area contributed by atoms with Gasteiger partial charge < -0.3 is 14.1 Å². The Morgan fingerprint density at radius 3 is 2.67 bits per heavy atom. The van der Waals surface area contributed by atoms with E-state index in [9.17, 15) is 9.59 Å². The van der Waals surface area contributed by atoms with Crippen LogP contribution in [0, 0.1) is 0 Å². The quantitative estimate of drug-likeness (QED) is 0.581. The Kier molecular flexibility index (Phi) is 6.27. The van der Waals surface area contributed by atoms with Crippen molar-refractivity contribution < 1.29 is 18.7 Å². The number of likely N-dealkylation sites (N-methyl/N-ethyl adjacent to an activating group) is 1. The van der Waals surface area contributed by atoms with E-state index >= 15 is 0 Å². The Morgan fingerprint density at radius 2 is 1.93 bits per heavy atom. The molecule has 7 heteroatoms. The molecule has 2 aromatic heterocycles. The van der Waals surface area contributed by atoms with Crippen LogP contribution in [0.3, 0.4) is 0 Å². The summed E-state index contributed by atoms with van der Waals surface area (Å²) in [7, 11) is 1.62. The third-order valence-electron chi connectivity index (χ3n) is 3.67. The number of hydrogen-bond donors (Lipinski definition) is 0. The van der Waals surface area contributed by atoms with Crippen molar-refractivity contribution in [3.8, 4) is 0 Å². The molecule has 0 aliphatic rings. The second-order valence-corrected chi connectivity index (χ2v) is 6.74. The van der Waals surface area contributed by atoms with Gasteiger partial charge in [-0.1, -0.05) is 30.0 Å². The smallest absolute Gasteiger partial charge is 0.341 e. The number of esters is 1. The molecule has 1 amide bonds. The summed E-state index contributed by atoms with van der Waals surface area (Å²) in [5, 5.41) is 0.532. The number of amides is 1. The van der Waals surface area contributed by atoms with Gasteiger partial charge in [0.15, 0.2) is 6.61 Å². The molecule has 3 rings (SSSR count). The molecule has 0 N–H and O–H groups in total. The van der Waals surface area contributed by atoms with Gasteiger partial charge in [-0.05, 0) is 36.4 Å². The first-order chi connectivity index (χ1) is 13.1. The Labute approximate surface area is 161 Å². The van der Waals surface area contributed by atoms with Crippen LogP contribution in [0.5, 0.6) is 0 Å². The second-order valence-electron chi connectivity index (χ2n) is 5.68. The predicted octanol–water partition coefficient (Wildman–Crippen LogP) is 3.64. The van der Waals surface area contributed by atoms with Gasteiger partial charge >= 0.3 is 5.97 Å². The number of furan rings is 1. The van der Waals surface area contributed by atoms with Gasteiger partial charge in [0.2, 0.25) is 0 Å². The minimum atomic E-state index is -0.582. The number of hydrogen-bond acceptors (Lipinski definition) is 6. The molecule has 0 bridgehead atoms. The number of ether oxygens (including phenoxy) is 1. The number of carbonyl (C=O) groups excluding carboxylic acids is 2. The van der Waals surface area contributed by atoms with Crippen molar-refractivity contribution in [3.63, 3.8) is 0 Å². The van der Waals surface area contributed by atoms with Gasteiger partial charge in [0.25, 0.3) is 5.91 Å². The highest BCUT2D eigenvalue weighted by molar-refractivity contribution is 7.99. The highest BCUT2D eigenvalue weighted by Crippen LogP contribution is 2.28. The van der Waals surface area contributed by atoms with Gasteiger partial charge in [-0.3, -0.25) is 4.79 Å². The number of rotatable bonds is 7. The Hall–Kier alpha value is -3.06. The van der Waals surface area contributed by atoms with Crippen LogP contribution in [0.4, 0.5) is 0 Å². The minimum absolute atomic E-state index is 0.311. The maximum absolute atomic E-state index is 12.4. The van der Waals surface area contributed by atoms with E-state index in [1.807, 2.05) is 30.3 Å². The fourth-order valence-electron chi connectivity index (χ4n) is 2.27. The molecule has 0 saturated heterocycles. The van der Waals surface area contributed by atoms with Crippen LogP contribution in [0.15, 0.2) is 81.4 Å². The molecule has 0 unspecified atom stereocenters. The molecule has 0 spiro atoms. The second kappa shape index (κ2) is 9.05. The molecule has 0 aliphatic heterocycles. The van der Waals surface area contributed by atoms with Crippen LogP contribution in [0.2, 0.25) is 0 Å². The summed E-state index contributed by atoms with van der Waals surface area (Å²) in [4.78, 5) is 31.3. The van der Waals surface area contributed by atoms with E-state index in [4.69, 9.17) is 9.15 Å². The summed E-state index contributed by atoms with van der Waals surface area (Å²) in [5.41, 5.74) is 0.327. The van der Waals surface area contributed by atoms with Gasteiger partial charge in [0.05, 0.1) is 18.4 Å². The first-order valence-corrected chi connectivity index (χ1v) is 9.06. The van der Waals surface area contributed by atoms with E-state index in [0.29, 0.717) is 22.9 Å². The van der Waals surface area contributed by atoms with Crippen LogP contribution in [-0.4, -0.2) is 35.4 Å². The molecule has 0 radical (unpaired) electrons. The van der Waals surface area contributed by atoms with Crippen LogP contribution in [0.25, 0.3) is 0 Å². The van der Waals surface area contributed by atoms with E-state index in [1.54, 1.807) is 43.8 Å². The van der Waals surface area contributed by atoms with Gasteiger partial charge in [-0.15, -0.1) is 0 Å². The van der Waals surface area contributed by atoms with E-state index in [0.717, 1.165) is 4.90 Å². The van der Waals surface area contributed by atoms with Crippen LogP contribution in [0.1, 0.15) is 16.1 Å². The number of nitrogens with zero attached hydrogens (tertiary/aromatic N) is 2. The van der Waals surface area contributed by atoms with Gasteiger partial charge in [-0.2, -0.15) is 0 Å². The molecular weight excluding hydrogens is 364 g/mol. The Balaban J connectivity index is 1.60. The molecule has 0 atom stereocenters. The van der Waals surface area contributed by atoms with Crippen molar-refractivity contribution in [2.45, 2.75) is 16.5 Å². The fraction of sp³-hybridized carbons (Fsp3) is 0.150. The van der Waals surface area contributed by atoms with Crippen LogP contribution >= 0.6 is 11.8 Å². The van der Waals surface area contributed by atoms with Crippen molar-refractivity contribution in [3.05, 3.63) is 78.4 Å². The average Bonchev–Trinajstić information content (AvgIpc) is 3.20. The maximum atomic E-state index is 12.4. The van der Waals surface area contributed by atoms with Gasteiger partial charge in [0.1, 0.15) is 10.8 Å². The summed E-state index contributed by atoms with van der Waals surface area (Å²) < 4.78 is 10.4. The average molecular weight is 382 g/mol. The zero-order valence-corrected chi connectivity index (χ0v) is 15.5. The highest BCUT2D eigenvalue weighted by atomic mass is 32.2. The molecular formula is C20H18N2O4S. The normalized spacial score (nSPS) is 10.4. The van der Waals surface area contributed by atoms with Gasteiger partial charge in [0, 0.05) is 18.1 Å². The van der Waals surface area contributed by atoms with E-state index in [2.05, 4.69) is 4.98 Å². The van der Waals surface area contributed by atoms with E-state index in [1.165, 1.54) is 16.7 Å². The summed E-state index contributed by atoms with van der Waals surface area (Å²) in [5.74, 6) is -0.242. The minimum Gasteiger partial charge on any atom is -0.467 e. The monoisotopic (exact) mass is 382 g/mol. The van der Waals surface area contributed by atoms with Crippen molar-refractivity contribution >= 4 is 23.6 Å². The lowest BCUT2D eigenvalue weighted by Gasteiger charge is -2.16. The first kappa shape index (κ1) is 18.7. The zero-order valence-electron chi connectivity index (χ0n) is 14.7. The maximum Gasteiger partial charge on any atom is 0.341 e. The zero-order chi connectivity index (χ0) is 19.1. The number of benzene rings is 1. The molecule has 0 fully saturated rings. The standard InChI is InChI=1S/C20H18N2O4S/c1-22(13-15-7-6-12-25-15)18(23)14-26-20(24)17-10-5-11-21-19(17)27-16-8-3-2-4-9-16/h2-12H,13-14H2,1H3. The number of carbonyl (C=O) groups is 2. The van der Waals surface area contributed by atoms with E-state index in [-0.39, 0.29) is 12.5 Å². The molecule has 6 nitrogen and oxygen atoms in total. The number of pyridine rings is 1. The van der Waals surface area contributed by atoms with Crippen molar-refractivity contribution in [2.24, 2.45) is 0 Å². The third kappa shape index (κ3) is 5.21. The predicted molar refractivity (Wildman–Crippen MR) is 100 cm³/mol. The molecule has 0 aliphatic carbocycles. The molecule has 2 heterocycles. The highest BCUT2D eigenvalue weighted by Gasteiger charge is 2.18. The SMILES string of the molecule is CN(Cc1ccco1)C(=O)COC(=O)c1cccnc1Sc1ccccc1. The molecule has 3 aromatic rings. The van der Waals surface area contributed by atoms with Crippen molar-refractivity contribution in [1.82, 2.24) is 9.88 Å². The fourth-order valence-corrected chi connectivity index (χ4v) is 3.16. The Morgan fingerprint density at radius 1 is 1.11 bits per heavy atom. The lowest BCUT2D eigenvalue weighted by atomic mass is 10.3. The lowest BCUT2D eigenvalue weighted by Crippen LogP contribution is -2.30.